The van der Waals surface area contributed by atoms with Gasteiger partial charge in [0.1, 0.15) is 0 Å². The van der Waals surface area contributed by atoms with Crippen LogP contribution in [0.1, 0.15) is 17.0 Å². The van der Waals surface area contributed by atoms with Gasteiger partial charge in [0.05, 0.1) is 27.9 Å². The van der Waals surface area contributed by atoms with Crippen LogP contribution in [0, 0.1) is 6.92 Å². The van der Waals surface area contributed by atoms with Crippen LogP contribution in [0.5, 0.6) is 0 Å². The van der Waals surface area contributed by atoms with Crippen molar-refractivity contribution in [3.63, 3.8) is 0 Å². The zero-order valence-electron chi connectivity index (χ0n) is 10.6. The first-order valence-electron chi connectivity index (χ1n) is 6.50. The fourth-order valence-corrected chi connectivity index (χ4v) is 3.26. The molecule has 0 spiro atoms. The number of nitrogens with one attached hydrogen (secondary N) is 1. The van der Waals surface area contributed by atoms with E-state index in [1.54, 1.807) is 11.3 Å². The van der Waals surface area contributed by atoms with Crippen LogP contribution in [0.25, 0.3) is 10.2 Å². The number of thiazole rings is 1. The van der Waals surface area contributed by atoms with E-state index in [9.17, 15) is 0 Å². The molecule has 1 N–H and O–H groups in total. The van der Waals surface area contributed by atoms with Crippen molar-refractivity contribution < 1.29 is 4.74 Å². The highest BCUT2D eigenvalue weighted by Gasteiger charge is 2.13. The molecule has 1 aliphatic rings. The number of hydrogen-bond acceptors (Lipinski definition) is 4. The van der Waals surface area contributed by atoms with E-state index in [-0.39, 0.29) is 0 Å². The van der Waals surface area contributed by atoms with Crippen LogP contribution in [0.15, 0.2) is 18.2 Å². The van der Waals surface area contributed by atoms with Crippen molar-refractivity contribution in [2.24, 2.45) is 0 Å². The molecule has 0 aliphatic carbocycles. The summed E-state index contributed by atoms with van der Waals surface area (Å²) >= 11 is 1.77. The van der Waals surface area contributed by atoms with Crippen molar-refractivity contribution in [3.8, 4) is 0 Å². The largest absolute Gasteiger partial charge is 0.376 e. The molecule has 96 valence electrons. The van der Waals surface area contributed by atoms with Crippen molar-refractivity contribution in [1.82, 2.24) is 10.3 Å². The third-order valence-corrected chi connectivity index (χ3v) is 4.25. The number of fused-ring (bicyclic) bond motifs is 1. The molecule has 18 heavy (non-hydrogen) atoms. The Morgan fingerprint density at radius 3 is 3.28 bits per heavy atom. The maximum Gasteiger partial charge on any atom is 0.0907 e. The number of benzene rings is 1. The van der Waals surface area contributed by atoms with Gasteiger partial charge in [-0.2, -0.15) is 0 Å². The van der Waals surface area contributed by atoms with Crippen molar-refractivity contribution in [2.75, 3.05) is 19.7 Å². The third-order valence-electron chi connectivity index (χ3n) is 3.32. The fraction of sp³-hybridized carbons (Fsp3) is 0.500. The van der Waals surface area contributed by atoms with Gasteiger partial charge in [0, 0.05) is 13.1 Å². The summed E-state index contributed by atoms with van der Waals surface area (Å²) in [6.07, 6.45) is 2.55. The van der Waals surface area contributed by atoms with Gasteiger partial charge in [0.25, 0.3) is 0 Å². The third kappa shape index (κ3) is 2.71. The fourth-order valence-electron chi connectivity index (χ4n) is 2.37. The van der Waals surface area contributed by atoms with Gasteiger partial charge in [0.2, 0.25) is 0 Å². The molecule has 1 atom stereocenters. The van der Waals surface area contributed by atoms with Crippen molar-refractivity contribution >= 4 is 21.6 Å². The second kappa shape index (κ2) is 5.34. The maximum absolute atomic E-state index is 5.72. The van der Waals surface area contributed by atoms with E-state index in [0.29, 0.717) is 6.10 Å². The molecule has 2 heterocycles. The smallest absolute Gasteiger partial charge is 0.0907 e. The van der Waals surface area contributed by atoms with E-state index in [2.05, 4.69) is 35.4 Å². The molecular formula is C14H18N2OS. The van der Waals surface area contributed by atoms with Crippen LogP contribution in [-0.2, 0) is 11.2 Å². The molecule has 1 aromatic carbocycles. The molecule has 1 aliphatic heterocycles. The molecule has 3 nitrogen and oxygen atoms in total. The summed E-state index contributed by atoms with van der Waals surface area (Å²) in [7, 11) is 0. The average molecular weight is 262 g/mol. The first kappa shape index (κ1) is 12.1. The Morgan fingerprint density at radius 1 is 1.50 bits per heavy atom. The van der Waals surface area contributed by atoms with Crippen molar-refractivity contribution in [2.45, 2.75) is 25.9 Å². The molecule has 1 fully saturated rings. The minimum Gasteiger partial charge on any atom is -0.376 e. The molecule has 2 aromatic rings. The molecule has 1 unspecified atom stereocenters. The van der Waals surface area contributed by atoms with E-state index in [4.69, 9.17) is 4.74 Å². The number of hydrogen-bond donors (Lipinski definition) is 1. The Kier molecular flexibility index (Phi) is 3.59. The highest BCUT2D eigenvalue weighted by atomic mass is 32.1. The minimum absolute atomic E-state index is 0.373. The van der Waals surface area contributed by atoms with Crippen LogP contribution in [0.2, 0.25) is 0 Å². The lowest BCUT2D eigenvalue weighted by Gasteiger charge is -2.23. The molecule has 0 radical (unpaired) electrons. The average Bonchev–Trinajstić information content (AvgIpc) is 2.77. The van der Waals surface area contributed by atoms with Crippen molar-refractivity contribution in [3.05, 3.63) is 28.8 Å². The molecule has 0 bridgehead atoms. The molecule has 4 heteroatoms. The lowest BCUT2D eigenvalue weighted by molar-refractivity contribution is 0.0238. The van der Waals surface area contributed by atoms with Gasteiger partial charge in [-0.15, -0.1) is 11.3 Å². The Bertz CT molecular complexity index is 532. The van der Waals surface area contributed by atoms with Crippen molar-refractivity contribution in [1.29, 1.82) is 0 Å². The summed E-state index contributed by atoms with van der Waals surface area (Å²) in [5.41, 5.74) is 2.51. The first-order chi connectivity index (χ1) is 8.81. The molecule has 0 saturated carbocycles. The zero-order valence-corrected chi connectivity index (χ0v) is 11.4. The quantitative estimate of drug-likeness (QED) is 0.923. The summed E-state index contributed by atoms with van der Waals surface area (Å²) in [4.78, 5) is 4.49. The predicted molar refractivity (Wildman–Crippen MR) is 75.3 cm³/mol. The minimum atomic E-state index is 0.373. The second-order valence-corrected chi connectivity index (χ2v) is 6.01. The predicted octanol–water partition coefficient (Wildman–Crippen LogP) is 2.53. The number of ether oxygens (including phenoxy) is 1. The number of rotatable bonds is 3. The lowest BCUT2D eigenvalue weighted by Crippen LogP contribution is -2.38. The maximum atomic E-state index is 5.72. The van der Waals surface area contributed by atoms with Crippen LogP contribution in [-0.4, -0.2) is 30.8 Å². The van der Waals surface area contributed by atoms with Crippen LogP contribution in [0.4, 0.5) is 0 Å². The number of nitrogens with zero attached hydrogens (tertiary/aromatic N) is 1. The van der Waals surface area contributed by atoms with Gasteiger partial charge in [0.15, 0.2) is 0 Å². The molecule has 0 amide bonds. The lowest BCUT2D eigenvalue weighted by atomic mass is 10.1. The highest BCUT2D eigenvalue weighted by molar-refractivity contribution is 7.18. The first-order valence-corrected chi connectivity index (χ1v) is 7.31. The van der Waals surface area contributed by atoms with Gasteiger partial charge in [-0.05, 0) is 37.5 Å². The summed E-state index contributed by atoms with van der Waals surface area (Å²) in [6, 6.07) is 6.60. The standard InChI is InChI=1S/C14H18N2OS/c1-10-16-13-5-3-11(8-14(13)18-10)2-4-12-9-15-6-7-17-12/h3,5,8,12,15H,2,4,6-7,9H2,1H3. The number of morpholine rings is 1. The Hall–Kier alpha value is -0.970. The van der Waals surface area contributed by atoms with Gasteiger partial charge >= 0.3 is 0 Å². The van der Waals surface area contributed by atoms with Gasteiger partial charge < -0.3 is 10.1 Å². The second-order valence-electron chi connectivity index (χ2n) is 4.77. The molecular weight excluding hydrogens is 244 g/mol. The van der Waals surface area contributed by atoms with Crippen LogP contribution in [0.3, 0.4) is 0 Å². The monoisotopic (exact) mass is 262 g/mol. The molecule has 1 aromatic heterocycles. The van der Waals surface area contributed by atoms with E-state index in [1.807, 2.05) is 0 Å². The number of aryl methyl sites for hydroxylation is 2. The Morgan fingerprint density at radius 2 is 2.44 bits per heavy atom. The summed E-state index contributed by atoms with van der Waals surface area (Å²) in [6.45, 7) is 4.88. The topological polar surface area (TPSA) is 34.2 Å². The van der Waals surface area contributed by atoms with E-state index < -0.39 is 0 Å². The Balaban J connectivity index is 1.66. The highest BCUT2D eigenvalue weighted by Crippen LogP contribution is 2.23. The Labute approximate surface area is 111 Å². The van der Waals surface area contributed by atoms with Gasteiger partial charge in [-0.3, -0.25) is 0 Å². The molecule has 3 rings (SSSR count). The molecule has 1 saturated heterocycles. The summed E-state index contributed by atoms with van der Waals surface area (Å²) in [5.74, 6) is 0. The number of aromatic nitrogens is 1. The van der Waals surface area contributed by atoms with Gasteiger partial charge in [-0.25, -0.2) is 4.98 Å². The summed E-state index contributed by atoms with van der Waals surface area (Å²) in [5, 5.41) is 4.51. The van der Waals surface area contributed by atoms with Crippen LogP contribution < -0.4 is 5.32 Å². The van der Waals surface area contributed by atoms with E-state index >= 15 is 0 Å². The SMILES string of the molecule is Cc1nc2ccc(CCC3CNCCO3)cc2s1. The van der Waals surface area contributed by atoms with E-state index in [0.717, 1.165) is 43.1 Å². The zero-order chi connectivity index (χ0) is 12.4. The van der Waals surface area contributed by atoms with E-state index in [1.165, 1.54) is 10.3 Å². The summed E-state index contributed by atoms with van der Waals surface area (Å²) < 4.78 is 7.02. The van der Waals surface area contributed by atoms with Crippen LogP contribution >= 0.6 is 11.3 Å². The normalized spacial score (nSPS) is 20.4. The van der Waals surface area contributed by atoms with Gasteiger partial charge in [-0.1, -0.05) is 6.07 Å².